The van der Waals surface area contributed by atoms with Crippen LogP contribution in [0.1, 0.15) is 24.5 Å². The molecular formula is C17H19NO2. The molecule has 3 heteroatoms. The molecule has 1 saturated heterocycles. The predicted octanol–water partition coefficient (Wildman–Crippen LogP) is 2.20. The molecule has 3 aliphatic rings. The molecule has 1 amide bonds. The zero-order chi connectivity index (χ0) is 13.9. The van der Waals surface area contributed by atoms with E-state index in [1.165, 1.54) is 11.1 Å². The molecule has 1 aromatic rings. The van der Waals surface area contributed by atoms with Crippen LogP contribution in [0.5, 0.6) is 5.75 Å². The minimum atomic E-state index is 0.0109. The predicted molar refractivity (Wildman–Crippen MR) is 76.7 cm³/mol. The van der Waals surface area contributed by atoms with Gasteiger partial charge in [0.15, 0.2) is 0 Å². The number of rotatable bonds is 1. The van der Waals surface area contributed by atoms with E-state index in [1.807, 2.05) is 6.07 Å². The molecular weight excluding hydrogens is 250 g/mol. The third-order valence-corrected chi connectivity index (χ3v) is 5.44. The Morgan fingerprint density at radius 1 is 1.40 bits per heavy atom. The summed E-state index contributed by atoms with van der Waals surface area (Å²) < 4.78 is 5.39. The molecule has 0 aromatic heterocycles. The number of fused-ring (bicyclic) bond motifs is 3. The first-order valence-corrected chi connectivity index (χ1v) is 7.29. The Bertz CT molecular complexity index is 621. The summed E-state index contributed by atoms with van der Waals surface area (Å²) in [4.78, 5) is 12.0. The molecule has 0 saturated carbocycles. The van der Waals surface area contributed by atoms with Gasteiger partial charge in [-0.05, 0) is 42.0 Å². The van der Waals surface area contributed by atoms with Crippen molar-refractivity contribution in [2.75, 3.05) is 7.11 Å². The van der Waals surface area contributed by atoms with E-state index in [0.29, 0.717) is 5.92 Å². The number of hydrogen-bond donors (Lipinski definition) is 1. The van der Waals surface area contributed by atoms with E-state index in [2.05, 4.69) is 36.5 Å². The smallest absolute Gasteiger partial charge is 0.227 e. The van der Waals surface area contributed by atoms with E-state index in [0.717, 1.165) is 18.6 Å². The van der Waals surface area contributed by atoms with Crippen LogP contribution in [-0.2, 0) is 16.6 Å². The van der Waals surface area contributed by atoms with Crippen LogP contribution < -0.4 is 10.1 Å². The Labute approximate surface area is 119 Å². The number of hydrogen-bond acceptors (Lipinski definition) is 2. The fourth-order valence-electron chi connectivity index (χ4n) is 4.29. The first-order chi connectivity index (χ1) is 9.61. The highest BCUT2D eigenvalue weighted by atomic mass is 16.5. The normalized spacial score (nSPS) is 37.1. The van der Waals surface area contributed by atoms with Crippen molar-refractivity contribution in [1.82, 2.24) is 5.32 Å². The minimum Gasteiger partial charge on any atom is -0.497 e. The number of methoxy groups -OCH3 is 1. The molecule has 1 N–H and O–H groups in total. The van der Waals surface area contributed by atoms with Crippen molar-refractivity contribution >= 4 is 5.91 Å². The Balaban J connectivity index is 1.90. The van der Waals surface area contributed by atoms with Gasteiger partial charge in [0.05, 0.1) is 13.0 Å². The monoisotopic (exact) mass is 269 g/mol. The number of nitrogens with one attached hydrogen (secondary N) is 1. The van der Waals surface area contributed by atoms with Crippen LogP contribution in [0.25, 0.3) is 0 Å². The van der Waals surface area contributed by atoms with Crippen LogP contribution in [0.2, 0.25) is 0 Å². The molecule has 3 nitrogen and oxygen atoms in total. The average molecular weight is 269 g/mol. The van der Waals surface area contributed by atoms with Gasteiger partial charge in [-0.3, -0.25) is 4.79 Å². The molecule has 20 heavy (non-hydrogen) atoms. The van der Waals surface area contributed by atoms with Gasteiger partial charge in [-0.25, -0.2) is 0 Å². The second-order valence-electron chi connectivity index (χ2n) is 6.43. The molecule has 1 aliphatic heterocycles. The van der Waals surface area contributed by atoms with E-state index < -0.39 is 0 Å². The van der Waals surface area contributed by atoms with Crippen molar-refractivity contribution in [1.29, 1.82) is 0 Å². The second-order valence-corrected chi connectivity index (χ2v) is 6.43. The molecule has 1 fully saturated rings. The Hall–Kier alpha value is -1.77. The molecule has 1 aromatic carbocycles. The van der Waals surface area contributed by atoms with Crippen molar-refractivity contribution in [3.05, 3.63) is 41.5 Å². The maximum atomic E-state index is 12.0. The van der Waals surface area contributed by atoms with Crippen molar-refractivity contribution in [3.8, 4) is 5.75 Å². The van der Waals surface area contributed by atoms with Gasteiger partial charge in [0, 0.05) is 11.5 Å². The zero-order valence-electron chi connectivity index (χ0n) is 11.8. The van der Waals surface area contributed by atoms with Crippen LogP contribution in [0, 0.1) is 11.8 Å². The molecule has 2 bridgehead atoms. The number of benzene rings is 1. The van der Waals surface area contributed by atoms with Crippen LogP contribution in [0.15, 0.2) is 30.4 Å². The van der Waals surface area contributed by atoms with Gasteiger partial charge in [0.25, 0.3) is 0 Å². The molecule has 2 aliphatic carbocycles. The fourth-order valence-corrected chi connectivity index (χ4v) is 4.29. The van der Waals surface area contributed by atoms with Crippen LogP contribution in [-0.4, -0.2) is 19.1 Å². The maximum absolute atomic E-state index is 12.0. The van der Waals surface area contributed by atoms with E-state index >= 15 is 0 Å². The first-order valence-electron chi connectivity index (χ1n) is 7.29. The van der Waals surface area contributed by atoms with Crippen LogP contribution >= 0.6 is 0 Å². The van der Waals surface area contributed by atoms with Gasteiger partial charge in [-0.1, -0.05) is 25.1 Å². The zero-order valence-corrected chi connectivity index (χ0v) is 11.8. The lowest BCUT2D eigenvalue weighted by Gasteiger charge is -2.52. The second kappa shape index (κ2) is 3.87. The summed E-state index contributed by atoms with van der Waals surface area (Å²) in [6.07, 6.45) is 6.26. The third-order valence-electron chi connectivity index (χ3n) is 5.44. The number of carbonyl (C=O) groups excluding carboxylic acids is 1. The maximum Gasteiger partial charge on any atom is 0.227 e. The van der Waals surface area contributed by atoms with Crippen molar-refractivity contribution in [3.63, 3.8) is 0 Å². The van der Waals surface area contributed by atoms with E-state index in [1.54, 1.807) is 7.11 Å². The number of carbonyl (C=O) groups is 1. The highest BCUT2D eigenvalue weighted by Crippen LogP contribution is 2.50. The minimum absolute atomic E-state index is 0.0109. The molecule has 104 valence electrons. The summed E-state index contributed by atoms with van der Waals surface area (Å²) in [7, 11) is 1.71. The highest BCUT2D eigenvalue weighted by molar-refractivity contribution is 5.82. The van der Waals surface area contributed by atoms with Gasteiger partial charge >= 0.3 is 0 Å². The summed E-state index contributed by atoms with van der Waals surface area (Å²) in [6, 6.07) is 6.61. The van der Waals surface area contributed by atoms with Gasteiger partial charge in [-0.15, -0.1) is 0 Å². The lowest BCUT2D eigenvalue weighted by Crippen LogP contribution is -2.59. The Kier molecular flexibility index (Phi) is 2.33. The van der Waals surface area contributed by atoms with Crippen molar-refractivity contribution in [2.24, 2.45) is 11.8 Å². The standard InChI is InChI=1S/C17H19NO2/c1-17-6-5-11-7-14(17)15(18-16(11)19)8-10-3-4-12(20-2)9-13(10)17/h3-6,9,11,14-15H,7-8H2,1-2H3,(H,18,19)/t11?,14?,15?,17-/m1/s1. The van der Waals surface area contributed by atoms with Gasteiger partial charge in [0.2, 0.25) is 5.91 Å². The molecule has 0 radical (unpaired) electrons. The van der Waals surface area contributed by atoms with Crippen molar-refractivity contribution in [2.45, 2.75) is 31.2 Å². The van der Waals surface area contributed by atoms with Gasteiger partial charge in [0.1, 0.15) is 5.75 Å². The highest BCUT2D eigenvalue weighted by Gasteiger charge is 2.50. The fraction of sp³-hybridized carbons (Fsp3) is 0.471. The summed E-state index contributed by atoms with van der Waals surface area (Å²) in [5.74, 6) is 1.67. The molecule has 0 spiro atoms. The molecule has 4 atom stereocenters. The number of piperidine rings is 1. The number of amides is 1. The molecule has 4 rings (SSSR count). The quantitative estimate of drug-likeness (QED) is 0.794. The average Bonchev–Trinajstić information content (AvgIpc) is 2.46. The van der Waals surface area contributed by atoms with Crippen molar-refractivity contribution < 1.29 is 9.53 Å². The summed E-state index contributed by atoms with van der Waals surface area (Å²) >= 11 is 0. The van der Waals surface area contributed by atoms with E-state index in [-0.39, 0.29) is 23.3 Å². The lowest BCUT2D eigenvalue weighted by molar-refractivity contribution is -0.128. The Morgan fingerprint density at radius 2 is 2.25 bits per heavy atom. The lowest BCUT2D eigenvalue weighted by atomic mass is 9.56. The van der Waals surface area contributed by atoms with Gasteiger partial charge < -0.3 is 10.1 Å². The number of ether oxygens (including phenoxy) is 1. The topological polar surface area (TPSA) is 38.3 Å². The van der Waals surface area contributed by atoms with Gasteiger partial charge in [-0.2, -0.15) is 0 Å². The molecule has 1 heterocycles. The number of allylic oxidation sites excluding steroid dienone is 1. The first kappa shape index (κ1) is 12.0. The largest absolute Gasteiger partial charge is 0.497 e. The van der Waals surface area contributed by atoms with Crippen LogP contribution in [0.4, 0.5) is 0 Å². The summed E-state index contributed by atoms with van der Waals surface area (Å²) in [5.41, 5.74) is 2.71. The molecule has 3 unspecified atom stereocenters. The van der Waals surface area contributed by atoms with Crippen LogP contribution in [0.3, 0.4) is 0 Å². The van der Waals surface area contributed by atoms with E-state index in [4.69, 9.17) is 4.74 Å². The summed E-state index contributed by atoms with van der Waals surface area (Å²) in [5, 5.41) is 3.22. The van der Waals surface area contributed by atoms with E-state index in [9.17, 15) is 4.79 Å². The SMILES string of the molecule is COc1ccc2c(c1)[C@@]1(C)C=CC3CC1C(C2)NC3=O. The third kappa shape index (κ3) is 1.43. The Morgan fingerprint density at radius 3 is 3.05 bits per heavy atom. The summed E-state index contributed by atoms with van der Waals surface area (Å²) in [6.45, 7) is 2.30.